The Bertz CT molecular complexity index is 1380. The second-order valence-electron chi connectivity index (χ2n) is 12.6. The van der Waals surface area contributed by atoms with Crippen molar-refractivity contribution in [2.45, 2.75) is 64.4 Å². The normalized spacial score (nSPS) is 27.0. The van der Waals surface area contributed by atoms with E-state index in [1.807, 2.05) is 13.8 Å². The molecule has 2 N–H and O–H groups in total. The van der Waals surface area contributed by atoms with E-state index in [1.54, 1.807) is 20.8 Å². The molecule has 12 heteroatoms. The predicted molar refractivity (Wildman–Crippen MR) is 145 cm³/mol. The molecular formula is C28H36FN5O5S. The van der Waals surface area contributed by atoms with Crippen molar-refractivity contribution in [3.8, 4) is 6.07 Å². The number of amides is 3. The van der Waals surface area contributed by atoms with Gasteiger partial charge < -0.3 is 15.5 Å². The van der Waals surface area contributed by atoms with Crippen LogP contribution in [0.4, 0.5) is 4.39 Å². The Kier molecular flexibility index (Phi) is 7.84. The zero-order valence-corrected chi connectivity index (χ0v) is 24.2. The molecule has 6 atom stereocenters. The number of carbonyl (C=O) groups is 3. The number of benzene rings is 1. The van der Waals surface area contributed by atoms with E-state index in [2.05, 4.69) is 21.1 Å². The van der Waals surface area contributed by atoms with E-state index < -0.39 is 51.1 Å². The summed E-state index contributed by atoms with van der Waals surface area (Å²) < 4.78 is 42.9. The summed E-state index contributed by atoms with van der Waals surface area (Å²) in [7, 11) is -4.27. The second kappa shape index (κ2) is 10.6. The van der Waals surface area contributed by atoms with Gasteiger partial charge in [0.2, 0.25) is 17.7 Å². The van der Waals surface area contributed by atoms with Crippen molar-refractivity contribution in [2.24, 2.45) is 38.9 Å². The summed E-state index contributed by atoms with van der Waals surface area (Å²) in [5.41, 5.74) is -0.940. The lowest BCUT2D eigenvalue weighted by molar-refractivity contribution is -0.144. The van der Waals surface area contributed by atoms with Crippen LogP contribution in [-0.4, -0.2) is 62.4 Å². The van der Waals surface area contributed by atoms with Crippen molar-refractivity contribution in [3.63, 3.8) is 0 Å². The van der Waals surface area contributed by atoms with Gasteiger partial charge in [-0.2, -0.15) is 18.1 Å². The first-order valence-electron chi connectivity index (χ1n) is 13.4. The van der Waals surface area contributed by atoms with Gasteiger partial charge in [-0.05, 0) is 53.7 Å². The third kappa shape index (κ3) is 5.75. The third-order valence-corrected chi connectivity index (χ3v) is 9.81. The molecule has 1 aromatic rings. The summed E-state index contributed by atoms with van der Waals surface area (Å²) >= 11 is 0. The molecule has 0 radical (unpaired) electrons. The summed E-state index contributed by atoms with van der Waals surface area (Å²) in [6, 6.07) is 4.79. The van der Waals surface area contributed by atoms with Crippen LogP contribution < -0.4 is 10.6 Å². The Hall–Kier alpha value is -3.33. The molecule has 10 nitrogen and oxygen atoms in total. The molecule has 2 aliphatic heterocycles. The number of likely N-dealkylation sites (tertiary alicyclic amines) is 1. The Balaban J connectivity index is 1.57. The first-order chi connectivity index (χ1) is 18.6. The number of hydrogen-bond acceptors (Lipinski definition) is 6. The van der Waals surface area contributed by atoms with Gasteiger partial charge in [0.25, 0.3) is 10.0 Å². The minimum Gasteiger partial charge on any atom is -0.356 e. The second-order valence-corrected chi connectivity index (χ2v) is 14.3. The van der Waals surface area contributed by atoms with E-state index in [-0.39, 0.29) is 40.4 Å². The lowest BCUT2D eigenvalue weighted by Crippen LogP contribution is -2.54. The number of hydrogen-bond donors (Lipinski definition) is 2. The van der Waals surface area contributed by atoms with Gasteiger partial charge in [0.05, 0.1) is 16.9 Å². The summed E-state index contributed by atoms with van der Waals surface area (Å²) in [6.45, 7) is 10.2. The maximum atomic E-state index is 14.0. The van der Waals surface area contributed by atoms with Crippen molar-refractivity contribution in [3.05, 3.63) is 30.1 Å². The molecular weight excluding hydrogens is 537 g/mol. The van der Waals surface area contributed by atoms with Crippen LogP contribution in [-0.2, 0) is 24.4 Å². The van der Waals surface area contributed by atoms with Gasteiger partial charge in [-0.25, -0.2) is 4.39 Å². The van der Waals surface area contributed by atoms with Crippen LogP contribution in [0.1, 0.15) is 47.5 Å². The van der Waals surface area contributed by atoms with Gasteiger partial charge in [-0.1, -0.05) is 40.7 Å². The maximum absolute atomic E-state index is 14.0. The zero-order valence-electron chi connectivity index (χ0n) is 23.3. The number of nitrogens with zero attached hydrogens (tertiary/aromatic N) is 3. The topological polar surface area (TPSA) is 149 Å². The number of rotatable bonds is 8. The van der Waals surface area contributed by atoms with Crippen LogP contribution in [0.3, 0.4) is 0 Å². The van der Waals surface area contributed by atoms with E-state index in [9.17, 15) is 32.5 Å². The van der Waals surface area contributed by atoms with Gasteiger partial charge in [0.1, 0.15) is 17.9 Å². The molecule has 4 rings (SSSR count). The Morgan fingerprint density at radius 1 is 1.35 bits per heavy atom. The standard InChI is InChI=1S/C28H36FN5O5S/c1-27(2,3)20(14-32-40(38,39)19-8-6-7-17(29)12-19)26(37)34-15-21-22(28(21,4)5)23(34)25(36)33-18(13-30)11-16-9-10-31-24(16)35/h6-8,12,14,16,18,20-23H,9-11,15H2,1-5H3,(H,31,35)(H,33,36)/b32-14+/t16-,18-,20?,21-,22?,23-/m0/s1. The van der Waals surface area contributed by atoms with Gasteiger partial charge in [0.15, 0.2) is 0 Å². The SMILES string of the molecule is CC(C)(C)C(/C=N/S(=O)(=O)c1cccc(F)c1)C(=O)N1C[C@H]2C([C@H]1C(=O)N[C@H](C#N)C[C@@H]1CCNC1=O)C2(C)C. The minimum absolute atomic E-state index is 0.0712. The Labute approximate surface area is 234 Å². The van der Waals surface area contributed by atoms with Crippen LogP contribution >= 0.6 is 0 Å². The lowest BCUT2D eigenvalue weighted by atomic mass is 9.80. The van der Waals surface area contributed by atoms with E-state index in [1.165, 1.54) is 17.0 Å². The van der Waals surface area contributed by atoms with Gasteiger partial charge >= 0.3 is 0 Å². The number of carbonyl (C=O) groups excluding carboxylic acids is 3. The number of nitrogens with one attached hydrogen (secondary N) is 2. The summed E-state index contributed by atoms with van der Waals surface area (Å²) in [6.07, 6.45) is 1.84. The molecule has 3 aliphatic rings. The molecule has 3 amide bonds. The van der Waals surface area contributed by atoms with Crippen LogP contribution in [0.5, 0.6) is 0 Å². The largest absolute Gasteiger partial charge is 0.356 e. The monoisotopic (exact) mass is 573 g/mol. The number of piperidine rings is 1. The summed E-state index contributed by atoms with van der Waals surface area (Å²) in [4.78, 5) is 40.7. The molecule has 0 bridgehead atoms. The maximum Gasteiger partial charge on any atom is 0.282 e. The zero-order chi connectivity index (χ0) is 29.6. The van der Waals surface area contributed by atoms with Crippen LogP contribution in [0, 0.1) is 51.6 Å². The average molecular weight is 574 g/mol. The first-order valence-corrected chi connectivity index (χ1v) is 14.9. The molecule has 0 spiro atoms. The molecule has 1 saturated carbocycles. The van der Waals surface area contributed by atoms with Gasteiger partial charge in [-0.3, -0.25) is 14.4 Å². The van der Waals surface area contributed by atoms with Gasteiger partial charge in [0, 0.05) is 25.2 Å². The van der Waals surface area contributed by atoms with Crippen molar-refractivity contribution in [1.82, 2.24) is 15.5 Å². The van der Waals surface area contributed by atoms with E-state index >= 15 is 0 Å². The number of nitriles is 1. The predicted octanol–water partition coefficient (Wildman–Crippen LogP) is 2.27. The fourth-order valence-corrected chi connectivity index (χ4v) is 6.95. The fourth-order valence-electron chi connectivity index (χ4n) is 6.03. The Morgan fingerprint density at radius 2 is 2.05 bits per heavy atom. The minimum atomic E-state index is -4.27. The quantitative estimate of drug-likeness (QED) is 0.456. The summed E-state index contributed by atoms with van der Waals surface area (Å²) in [5.74, 6) is -3.20. The number of halogens is 1. The molecule has 2 saturated heterocycles. The highest BCUT2D eigenvalue weighted by Crippen LogP contribution is 2.65. The molecule has 1 aromatic carbocycles. The fraction of sp³-hybridized carbons (Fsp3) is 0.607. The molecule has 0 aromatic heterocycles. The Morgan fingerprint density at radius 3 is 2.62 bits per heavy atom. The number of sulfonamides is 1. The highest BCUT2D eigenvalue weighted by atomic mass is 32.2. The summed E-state index contributed by atoms with van der Waals surface area (Å²) in [5, 5.41) is 15.2. The van der Waals surface area contributed by atoms with Crippen molar-refractivity contribution < 1.29 is 27.2 Å². The smallest absolute Gasteiger partial charge is 0.282 e. The molecule has 1 aliphatic carbocycles. The third-order valence-electron chi connectivity index (χ3n) is 8.56. The van der Waals surface area contributed by atoms with Crippen molar-refractivity contribution in [1.29, 1.82) is 5.26 Å². The van der Waals surface area contributed by atoms with Crippen LogP contribution in [0.25, 0.3) is 0 Å². The molecule has 3 fully saturated rings. The highest BCUT2D eigenvalue weighted by Gasteiger charge is 2.69. The number of fused-ring (bicyclic) bond motifs is 1. The molecule has 2 heterocycles. The van der Waals surface area contributed by atoms with Crippen molar-refractivity contribution in [2.75, 3.05) is 13.1 Å². The molecule has 2 unspecified atom stereocenters. The van der Waals surface area contributed by atoms with Crippen LogP contribution in [0.15, 0.2) is 33.6 Å². The first kappa shape index (κ1) is 29.6. The average Bonchev–Trinajstić information content (AvgIpc) is 3.20. The van der Waals surface area contributed by atoms with Crippen LogP contribution in [0.2, 0.25) is 0 Å². The van der Waals surface area contributed by atoms with Crippen molar-refractivity contribution >= 4 is 34.0 Å². The van der Waals surface area contributed by atoms with Gasteiger partial charge in [-0.15, -0.1) is 0 Å². The molecule has 216 valence electrons. The lowest BCUT2D eigenvalue weighted by Gasteiger charge is -2.36. The highest BCUT2D eigenvalue weighted by molar-refractivity contribution is 7.90. The molecule has 40 heavy (non-hydrogen) atoms. The van der Waals surface area contributed by atoms with E-state index in [4.69, 9.17) is 0 Å². The van der Waals surface area contributed by atoms with E-state index in [0.29, 0.717) is 19.5 Å². The van der Waals surface area contributed by atoms with E-state index in [0.717, 1.165) is 18.3 Å².